The van der Waals surface area contributed by atoms with Gasteiger partial charge in [0.2, 0.25) is 0 Å². The number of benzene rings is 2. The Morgan fingerprint density at radius 3 is 2.06 bits per heavy atom. The summed E-state index contributed by atoms with van der Waals surface area (Å²) in [5, 5.41) is 9.30. The van der Waals surface area contributed by atoms with Crippen molar-refractivity contribution in [1.82, 2.24) is 14.7 Å². The average molecular weight is 525 g/mol. The van der Waals surface area contributed by atoms with Crippen LogP contribution in [0.5, 0.6) is 0 Å². The zero-order valence-electron chi connectivity index (χ0n) is 18.5. The fourth-order valence-electron chi connectivity index (χ4n) is 3.89. The molecule has 36 heavy (non-hydrogen) atoms. The minimum Gasteiger partial charge on any atom is -0.465 e. The number of hydrogen-bond acceptors (Lipinski definition) is 2. The first kappa shape index (κ1) is 27.0. The smallest absolute Gasteiger partial charge is 0.416 e. The molecule has 1 unspecified atom stereocenters. The molecule has 1 heterocycles. The van der Waals surface area contributed by atoms with Crippen LogP contribution in [-0.4, -0.2) is 58.6 Å². The van der Waals surface area contributed by atoms with E-state index in [1.165, 1.54) is 0 Å². The van der Waals surface area contributed by atoms with Crippen molar-refractivity contribution >= 4 is 12.1 Å². The van der Waals surface area contributed by atoms with E-state index in [0.717, 1.165) is 33.9 Å². The highest BCUT2D eigenvalue weighted by molar-refractivity contribution is 5.75. The molecule has 0 aliphatic carbocycles. The van der Waals surface area contributed by atoms with Crippen LogP contribution in [-0.2, 0) is 18.9 Å². The van der Waals surface area contributed by atoms with Crippen molar-refractivity contribution in [2.75, 3.05) is 26.7 Å². The third-order valence-corrected chi connectivity index (χ3v) is 5.61. The van der Waals surface area contributed by atoms with E-state index in [0.29, 0.717) is 18.2 Å². The van der Waals surface area contributed by atoms with Gasteiger partial charge < -0.3 is 19.8 Å². The largest absolute Gasteiger partial charge is 0.465 e. The molecule has 14 heteroatoms. The van der Waals surface area contributed by atoms with Gasteiger partial charge in [-0.15, -0.1) is 0 Å². The SMILES string of the molecule is CN(Cc1cc(C(F)(F)F)cc(C(F)(F)F)c1)C(=O)N1CCN(C(=O)O)CC1c1ccc(F)cc1F. The lowest BCUT2D eigenvalue weighted by molar-refractivity contribution is -0.143. The van der Waals surface area contributed by atoms with Crippen LogP contribution >= 0.6 is 0 Å². The van der Waals surface area contributed by atoms with E-state index in [1.807, 2.05) is 0 Å². The van der Waals surface area contributed by atoms with Gasteiger partial charge in [0.1, 0.15) is 11.6 Å². The van der Waals surface area contributed by atoms with Crippen molar-refractivity contribution < 1.29 is 49.8 Å². The van der Waals surface area contributed by atoms with Crippen molar-refractivity contribution in [3.8, 4) is 0 Å². The molecule has 196 valence electrons. The number of urea groups is 1. The molecule has 0 radical (unpaired) electrons. The summed E-state index contributed by atoms with van der Waals surface area (Å²) >= 11 is 0. The Hall–Kier alpha value is -3.58. The topological polar surface area (TPSA) is 64.1 Å². The van der Waals surface area contributed by atoms with Gasteiger partial charge in [0.25, 0.3) is 0 Å². The van der Waals surface area contributed by atoms with Crippen LogP contribution in [0.1, 0.15) is 28.3 Å². The Bertz CT molecular complexity index is 1120. The summed E-state index contributed by atoms with van der Waals surface area (Å²) in [4.78, 5) is 27.3. The number of halogens is 8. The normalized spacial score (nSPS) is 16.8. The molecule has 0 bridgehead atoms. The van der Waals surface area contributed by atoms with Gasteiger partial charge in [0.15, 0.2) is 0 Å². The van der Waals surface area contributed by atoms with Crippen molar-refractivity contribution in [2.24, 2.45) is 0 Å². The molecule has 1 N–H and O–H groups in total. The number of piperazine rings is 1. The highest BCUT2D eigenvalue weighted by Crippen LogP contribution is 2.37. The quantitative estimate of drug-likeness (QED) is 0.532. The summed E-state index contributed by atoms with van der Waals surface area (Å²) in [5.41, 5.74) is -3.76. The van der Waals surface area contributed by atoms with E-state index in [-0.39, 0.29) is 31.3 Å². The van der Waals surface area contributed by atoms with Gasteiger partial charge >= 0.3 is 24.5 Å². The number of carbonyl (C=O) groups is 2. The monoisotopic (exact) mass is 525 g/mol. The van der Waals surface area contributed by atoms with E-state index in [2.05, 4.69) is 0 Å². The lowest BCUT2D eigenvalue weighted by Gasteiger charge is -2.42. The van der Waals surface area contributed by atoms with Crippen molar-refractivity contribution in [1.29, 1.82) is 0 Å². The minimum absolute atomic E-state index is 0.0379. The summed E-state index contributed by atoms with van der Waals surface area (Å²) < 4.78 is 107. The highest BCUT2D eigenvalue weighted by Gasteiger charge is 2.38. The Balaban J connectivity index is 1.92. The van der Waals surface area contributed by atoms with Crippen LogP contribution in [0.3, 0.4) is 0 Å². The number of rotatable bonds is 3. The molecule has 3 amide bonds. The van der Waals surface area contributed by atoms with Crippen molar-refractivity contribution in [2.45, 2.75) is 24.9 Å². The minimum atomic E-state index is -5.07. The maximum absolute atomic E-state index is 14.5. The summed E-state index contributed by atoms with van der Waals surface area (Å²) in [6, 6.07) is 1.29. The number of nitrogens with zero attached hydrogens (tertiary/aromatic N) is 3. The van der Waals surface area contributed by atoms with Crippen molar-refractivity contribution in [3.05, 3.63) is 70.3 Å². The summed E-state index contributed by atoms with van der Waals surface area (Å²) in [5.74, 6) is -1.97. The number of carbonyl (C=O) groups excluding carboxylic acids is 1. The molecule has 1 saturated heterocycles. The van der Waals surface area contributed by atoms with Gasteiger partial charge in [-0.2, -0.15) is 26.3 Å². The number of amides is 3. The van der Waals surface area contributed by atoms with E-state index in [1.54, 1.807) is 0 Å². The van der Waals surface area contributed by atoms with Crippen LogP contribution < -0.4 is 0 Å². The first-order valence-electron chi connectivity index (χ1n) is 10.3. The second-order valence-electron chi connectivity index (χ2n) is 8.16. The number of carboxylic acid groups (broad SMARTS) is 1. The van der Waals surface area contributed by atoms with E-state index in [9.17, 15) is 49.8 Å². The van der Waals surface area contributed by atoms with Gasteiger partial charge in [-0.3, -0.25) is 0 Å². The predicted molar refractivity (Wildman–Crippen MR) is 109 cm³/mol. The molecule has 1 aliphatic rings. The molecule has 0 saturated carbocycles. The Kier molecular flexibility index (Phi) is 7.37. The van der Waals surface area contributed by atoms with E-state index in [4.69, 9.17) is 0 Å². The maximum Gasteiger partial charge on any atom is 0.416 e. The van der Waals surface area contributed by atoms with Gasteiger partial charge in [-0.25, -0.2) is 18.4 Å². The fourth-order valence-corrected chi connectivity index (χ4v) is 3.89. The third-order valence-electron chi connectivity index (χ3n) is 5.61. The predicted octanol–water partition coefficient (Wildman–Crippen LogP) is 5.59. The molecule has 0 aromatic heterocycles. The second-order valence-corrected chi connectivity index (χ2v) is 8.16. The molecule has 1 fully saturated rings. The molecular weight excluding hydrogens is 506 g/mol. The highest BCUT2D eigenvalue weighted by atomic mass is 19.4. The van der Waals surface area contributed by atoms with E-state index >= 15 is 0 Å². The van der Waals surface area contributed by atoms with E-state index < -0.39 is 65.4 Å². The van der Waals surface area contributed by atoms with Crippen LogP contribution in [0, 0.1) is 11.6 Å². The zero-order valence-corrected chi connectivity index (χ0v) is 18.5. The average Bonchev–Trinajstić information content (AvgIpc) is 2.76. The molecule has 1 aliphatic heterocycles. The molecule has 1 atom stereocenters. The van der Waals surface area contributed by atoms with Gasteiger partial charge in [0, 0.05) is 44.9 Å². The number of hydrogen-bond donors (Lipinski definition) is 1. The van der Waals surface area contributed by atoms with Gasteiger partial charge in [0.05, 0.1) is 17.2 Å². The summed E-state index contributed by atoms with van der Waals surface area (Å²) in [6.07, 6.45) is -11.5. The Morgan fingerprint density at radius 2 is 1.56 bits per heavy atom. The van der Waals surface area contributed by atoms with Gasteiger partial charge in [-0.05, 0) is 29.8 Å². The van der Waals surface area contributed by atoms with Crippen LogP contribution in [0.15, 0.2) is 36.4 Å². The second kappa shape index (κ2) is 9.82. The molecule has 6 nitrogen and oxygen atoms in total. The van der Waals surface area contributed by atoms with Crippen LogP contribution in [0.2, 0.25) is 0 Å². The molecule has 2 aromatic carbocycles. The summed E-state index contributed by atoms with van der Waals surface area (Å²) in [7, 11) is 1.12. The molecule has 3 rings (SSSR count). The maximum atomic E-state index is 14.5. The first-order valence-corrected chi connectivity index (χ1v) is 10.3. The zero-order chi connectivity index (χ0) is 27.0. The van der Waals surface area contributed by atoms with Gasteiger partial charge in [-0.1, -0.05) is 6.07 Å². The first-order chi connectivity index (χ1) is 16.6. The van der Waals surface area contributed by atoms with Crippen LogP contribution in [0.4, 0.5) is 44.7 Å². The standard InChI is InChI=1S/C22H19F8N3O3/c1-31(10-12-6-13(21(25,26)27)8-14(7-12)22(28,29)30)19(34)33-5-4-32(20(35)36)11-18(33)16-3-2-15(23)9-17(16)24/h2-3,6-9,18H,4-5,10-11H2,1H3,(H,35,36). The van der Waals surface area contributed by atoms with Crippen molar-refractivity contribution in [3.63, 3.8) is 0 Å². The lowest BCUT2D eigenvalue weighted by Crippen LogP contribution is -2.54. The third kappa shape index (κ3) is 5.97. The Morgan fingerprint density at radius 1 is 0.972 bits per heavy atom. The molecule has 2 aromatic rings. The van der Waals surface area contributed by atoms with Crippen LogP contribution in [0.25, 0.3) is 0 Å². The summed E-state index contributed by atoms with van der Waals surface area (Å²) in [6.45, 7) is -1.49. The number of alkyl halides is 6. The molecule has 0 spiro atoms. The fraction of sp³-hybridized carbons (Fsp3) is 0.364. The lowest BCUT2D eigenvalue weighted by atomic mass is 10.0. The Labute approximate surface area is 199 Å². The molecular formula is C22H19F8N3O3.